The number of nitrogens with one attached hydrogen (secondary N) is 2. The fourth-order valence-electron chi connectivity index (χ4n) is 1.95. The molecule has 28 heavy (non-hydrogen) atoms. The van der Waals surface area contributed by atoms with Gasteiger partial charge in [-0.15, -0.1) is 0 Å². The zero-order valence-corrected chi connectivity index (χ0v) is 16.6. The number of hydrogen-bond acceptors (Lipinski definition) is 7. The van der Waals surface area contributed by atoms with E-state index in [-0.39, 0.29) is 35.4 Å². The second-order valence-electron chi connectivity index (χ2n) is 5.29. The summed E-state index contributed by atoms with van der Waals surface area (Å²) in [5.74, 6) is -2.26. The lowest BCUT2D eigenvalue weighted by molar-refractivity contribution is -0.116. The Hall–Kier alpha value is -2.79. The van der Waals surface area contributed by atoms with Crippen molar-refractivity contribution >= 4 is 51.4 Å². The van der Waals surface area contributed by atoms with Gasteiger partial charge in [-0.2, -0.15) is 4.98 Å². The van der Waals surface area contributed by atoms with Gasteiger partial charge in [-0.25, -0.2) is 13.8 Å². The van der Waals surface area contributed by atoms with Crippen molar-refractivity contribution in [2.24, 2.45) is 16.5 Å². The second kappa shape index (κ2) is 9.95. The Balaban J connectivity index is 2.13. The Morgan fingerprint density at radius 1 is 1.39 bits per heavy atom. The number of allylic oxidation sites excluding steroid dienone is 1. The number of nitrogens with two attached hydrogens (primary N) is 2. The first-order chi connectivity index (χ1) is 13.3. The van der Waals surface area contributed by atoms with Crippen LogP contribution >= 0.6 is 27.5 Å². The van der Waals surface area contributed by atoms with Crippen LogP contribution in [0.2, 0.25) is 5.02 Å². The summed E-state index contributed by atoms with van der Waals surface area (Å²) in [6.07, 6.45) is 3.79. The average molecular weight is 475 g/mol. The summed E-state index contributed by atoms with van der Waals surface area (Å²) in [6, 6.07) is 2.46. The molecule has 0 atom stereocenters. The third-order valence-electron chi connectivity index (χ3n) is 3.17. The number of nitrogens with zero attached hydrogens (tertiary/aromatic N) is 3. The number of amides is 1. The first-order valence-electron chi connectivity index (χ1n) is 7.67. The lowest BCUT2D eigenvalue weighted by Crippen LogP contribution is -2.15. The van der Waals surface area contributed by atoms with Crippen molar-refractivity contribution in [1.82, 2.24) is 9.97 Å². The predicted molar refractivity (Wildman–Crippen MR) is 107 cm³/mol. The maximum Gasteiger partial charge on any atom is 0.239 e. The first kappa shape index (κ1) is 21.5. The zero-order valence-electron chi connectivity index (χ0n) is 14.2. The number of halogens is 4. The van der Waals surface area contributed by atoms with Crippen molar-refractivity contribution in [3.05, 3.63) is 56.9 Å². The van der Waals surface area contributed by atoms with E-state index in [1.54, 1.807) is 0 Å². The van der Waals surface area contributed by atoms with E-state index in [1.165, 1.54) is 24.7 Å². The fourth-order valence-corrected chi connectivity index (χ4v) is 2.58. The van der Waals surface area contributed by atoms with Crippen LogP contribution < -0.4 is 22.1 Å². The highest BCUT2D eigenvalue weighted by atomic mass is 79.9. The fraction of sp³-hybridized carbons (Fsp3) is 0.125. The third kappa shape index (κ3) is 6.13. The Morgan fingerprint density at radius 2 is 2.14 bits per heavy atom. The number of rotatable bonds is 8. The molecule has 1 aromatic carbocycles. The van der Waals surface area contributed by atoms with Crippen molar-refractivity contribution < 1.29 is 13.6 Å². The molecular formula is C16H15BrClF2N7O. The molecule has 0 aliphatic rings. The van der Waals surface area contributed by atoms with Crippen LogP contribution in [0.25, 0.3) is 0 Å². The number of hydrogen-bond donors (Lipinski definition) is 4. The molecule has 148 valence electrons. The Bertz CT molecular complexity index is 939. The predicted octanol–water partition coefficient (Wildman–Crippen LogP) is 2.55. The lowest BCUT2D eigenvalue weighted by Gasteiger charge is -2.11. The molecule has 1 heterocycles. The summed E-state index contributed by atoms with van der Waals surface area (Å²) in [7, 11) is 0. The number of anilines is 2. The highest BCUT2D eigenvalue weighted by Gasteiger charge is 2.12. The van der Waals surface area contributed by atoms with Crippen LogP contribution in [-0.4, -0.2) is 28.6 Å². The Kier molecular flexibility index (Phi) is 7.64. The Morgan fingerprint density at radius 3 is 2.82 bits per heavy atom. The van der Waals surface area contributed by atoms with E-state index in [4.69, 9.17) is 23.1 Å². The molecule has 0 spiro atoms. The standard InChI is InChI=1S/C16H15BrClF2N7O/c17-9-1-8(14(20)12(19)2-9)4-24-15-11(18)6-25-16(27-15)26-10(3-21)5-23-7-13(22)28/h1-3,5-6H,4,7,21H2,(H2,22,28)(H2,24,25,26,27). The lowest BCUT2D eigenvalue weighted by atomic mass is 10.2. The number of primary amides is 1. The van der Waals surface area contributed by atoms with Gasteiger partial charge in [0.05, 0.1) is 11.9 Å². The number of carbonyl (C=O) groups excluding carboxylic acids is 1. The second-order valence-corrected chi connectivity index (χ2v) is 6.61. The molecule has 12 heteroatoms. The molecule has 2 rings (SSSR count). The molecule has 0 radical (unpaired) electrons. The highest BCUT2D eigenvalue weighted by Crippen LogP contribution is 2.23. The van der Waals surface area contributed by atoms with Crippen molar-refractivity contribution in [2.45, 2.75) is 6.54 Å². The van der Waals surface area contributed by atoms with E-state index >= 15 is 0 Å². The minimum absolute atomic E-state index is 0.0714. The van der Waals surface area contributed by atoms with Crippen LogP contribution in [0.3, 0.4) is 0 Å². The molecule has 0 bridgehead atoms. The van der Waals surface area contributed by atoms with Crippen molar-refractivity contribution in [3.63, 3.8) is 0 Å². The molecule has 0 aliphatic carbocycles. The minimum atomic E-state index is -0.977. The normalized spacial score (nSPS) is 11.6. The van der Waals surface area contributed by atoms with Gasteiger partial charge >= 0.3 is 0 Å². The van der Waals surface area contributed by atoms with Gasteiger partial charge in [0.25, 0.3) is 0 Å². The molecule has 0 fully saturated rings. The van der Waals surface area contributed by atoms with Gasteiger partial charge in [0.2, 0.25) is 11.9 Å². The molecule has 1 aromatic heterocycles. The van der Waals surface area contributed by atoms with Crippen molar-refractivity contribution in [3.8, 4) is 0 Å². The van der Waals surface area contributed by atoms with Crippen LogP contribution in [0, 0.1) is 11.6 Å². The molecule has 0 saturated carbocycles. The monoisotopic (exact) mass is 473 g/mol. The molecule has 8 nitrogen and oxygen atoms in total. The van der Waals surface area contributed by atoms with Crippen LogP contribution in [0.15, 0.2) is 39.7 Å². The minimum Gasteiger partial charge on any atom is -0.403 e. The van der Waals surface area contributed by atoms with E-state index in [0.717, 1.165) is 6.07 Å². The van der Waals surface area contributed by atoms with E-state index in [1.807, 2.05) is 0 Å². The summed E-state index contributed by atoms with van der Waals surface area (Å²) in [5, 5.41) is 5.76. The van der Waals surface area contributed by atoms with Gasteiger partial charge < -0.3 is 22.1 Å². The van der Waals surface area contributed by atoms with Crippen LogP contribution in [0.1, 0.15) is 5.56 Å². The van der Waals surface area contributed by atoms with E-state index < -0.39 is 17.5 Å². The summed E-state index contributed by atoms with van der Waals surface area (Å²) >= 11 is 9.15. The summed E-state index contributed by atoms with van der Waals surface area (Å²) < 4.78 is 27.8. The maximum atomic E-state index is 13.9. The maximum absolute atomic E-state index is 13.9. The first-order valence-corrected chi connectivity index (χ1v) is 8.84. The van der Waals surface area contributed by atoms with Gasteiger partial charge in [-0.05, 0) is 12.1 Å². The summed E-state index contributed by atoms with van der Waals surface area (Å²) in [4.78, 5) is 22.6. The smallest absolute Gasteiger partial charge is 0.239 e. The molecule has 0 unspecified atom stereocenters. The number of aliphatic imine (C=N–C) groups is 1. The number of carbonyl (C=O) groups is 1. The molecule has 1 amide bonds. The van der Waals surface area contributed by atoms with Crippen LogP contribution in [0.5, 0.6) is 0 Å². The molecular weight excluding hydrogens is 460 g/mol. The molecule has 0 aliphatic heterocycles. The molecule has 2 aromatic rings. The SMILES string of the molecule is NC=C(C=NCC(N)=O)Nc1ncc(Cl)c(NCc2cc(Br)cc(F)c2F)n1. The van der Waals surface area contributed by atoms with Gasteiger partial charge in [-0.3, -0.25) is 9.79 Å². The number of benzene rings is 1. The van der Waals surface area contributed by atoms with Gasteiger partial charge in [0, 0.05) is 29.0 Å². The van der Waals surface area contributed by atoms with E-state index in [0.29, 0.717) is 10.2 Å². The largest absolute Gasteiger partial charge is 0.403 e. The summed E-state index contributed by atoms with van der Waals surface area (Å²) in [5.41, 5.74) is 10.9. The van der Waals surface area contributed by atoms with Gasteiger partial charge in [0.15, 0.2) is 17.5 Å². The average Bonchev–Trinajstić information content (AvgIpc) is 2.64. The van der Waals surface area contributed by atoms with Crippen LogP contribution in [-0.2, 0) is 11.3 Å². The highest BCUT2D eigenvalue weighted by molar-refractivity contribution is 9.10. The topological polar surface area (TPSA) is 131 Å². The van der Waals surface area contributed by atoms with Crippen molar-refractivity contribution in [1.29, 1.82) is 0 Å². The summed E-state index contributed by atoms with van der Waals surface area (Å²) in [6.45, 7) is -0.278. The molecule has 6 N–H and O–H groups in total. The zero-order chi connectivity index (χ0) is 20.7. The molecule has 0 saturated heterocycles. The van der Waals surface area contributed by atoms with E-state index in [9.17, 15) is 13.6 Å². The Labute approximate surface area is 172 Å². The van der Waals surface area contributed by atoms with Crippen molar-refractivity contribution in [2.75, 3.05) is 17.2 Å². The van der Waals surface area contributed by atoms with Crippen LogP contribution in [0.4, 0.5) is 20.5 Å². The van der Waals surface area contributed by atoms with Gasteiger partial charge in [-0.1, -0.05) is 27.5 Å². The number of aromatic nitrogens is 2. The third-order valence-corrected chi connectivity index (χ3v) is 3.91. The quantitative estimate of drug-likeness (QED) is 0.343. The van der Waals surface area contributed by atoms with E-state index in [2.05, 4.69) is 41.5 Å². The van der Waals surface area contributed by atoms with Gasteiger partial charge in [0.1, 0.15) is 11.6 Å².